The van der Waals surface area contributed by atoms with Gasteiger partial charge in [-0.25, -0.2) is 0 Å². The molecule has 0 radical (unpaired) electrons. The van der Waals surface area contributed by atoms with Crippen LogP contribution in [0.25, 0.3) is 0 Å². The summed E-state index contributed by atoms with van der Waals surface area (Å²) in [7, 11) is 3.82. The van der Waals surface area contributed by atoms with Crippen LogP contribution < -0.4 is 5.32 Å². The van der Waals surface area contributed by atoms with Crippen LogP contribution in [0.5, 0.6) is 0 Å². The van der Waals surface area contributed by atoms with Gasteiger partial charge in [0.05, 0.1) is 6.54 Å². The van der Waals surface area contributed by atoms with Gasteiger partial charge in [0.1, 0.15) is 0 Å². The van der Waals surface area contributed by atoms with Gasteiger partial charge in [-0.1, -0.05) is 23.7 Å². The number of nitrogens with zero attached hydrogens (tertiary/aromatic N) is 2. The summed E-state index contributed by atoms with van der Waals surface area (Å²) < 4.78 is 0. The number of amides is 1. The van der Waals surface area contributed by atoms with E-state index in [4.69, 9.17) is 11.6 Å². The first-order valence-corrected chi connectivity index (χ1v) is 7.81. The quantitative estimate of drug-likeness (QED) is 0.903. The number of hydrogen-bond donors (Lipinski definition) is 1. The second-order valence-electron chi connectivity index (χ2n) is 6.01. The average Bonchev–Trinajstić information content (AvgIpc) is 2.41. The van der Waals surface area contributed by atoms with Gasteiger partial charge in [0, 0.05) is 24.2 Å². The second-order valence-corrected chi connectivity index (χ2v) is 6.44. The number of benzene rings is 1. The van der Waals surface area contributed by atoms with E-state index >= 15 is 0 Å². The fourth-order valence-electron chi connectivity index (χ4n) is 2.73. The highest BCUT2D eigenvalue weighted by Crippen LogP contribution is 2.15. The molecule has 1 atom stereocenters. The zero-order valence-corrected chi connectivity index (χ0v) is 13.6. The van der Waals surface area contributed by atoms with Gasteiger partial charge in [-0.3, -0.25) is 9.69 Å². The second kappa shape index (κ2) is 7.78. The maximum Gasteiger partial charge on any atom is 0.234 e. The van der Waals surface area contributed by atoms with Crippen molar-refractivity contribution >= 4 is 17.5 Å². The third-order valence-electron chi connectivity index (χ3n) is 3.65. The van der Waals surface area contributed by atoms with Crippen molar-refractivity contribution in [2.24, 2.45) is 0 Å². The van der Waals surface area contributed by atoms with Gasteiger partial charge in [-0.2, -0.15) is 0 Å². The van der Waals surface area contributed by atoms with Crippen LogP contribution in [0.1, 0.15) is 18.4 Å². The minimum atomic E-state index is 0.110. The van der Waals surface area contributed by atoms with Crippen LogP contribution >= 0.6 is 11.6 Å². The predicted octanol–water partition coefficient (Wildman–Crippen LogP) is 1.98. The van der Waals surface area contributed by atoms with Gasteiger partial charge in [-0.05, 0) is 51.2 Å². The zero-order valence-electron chi connectivity index (χ0n) is 12.8. The molecule has 1 amide bonds. The van der Waals surface area contributed by atoms with Crippen LogP contribution in [0.2, 0.25) is 5.02 Å². The normalized spacial score (nSPS) is 19.7. The van der Waals surface area contributed by atoms with Crippen LogP contribution in [0.15, 0.2) is 24.3 Å². The van der Waals surface area contributed by atoms with E-state index in [-0.39, 0.29) is 11.9 Å². The van der Waals surface area contributed by atoms with Crippen molar-refractivity contribution in [3.63, 3.8) is 0 Å². The van der Waals surface area contributed by atoms with E-state index in [1.54, 1.807) is 0 Å². The van der Waals surface area contributed by atoms with Crippen molar-refractivity contribution < 1.29 is 4.79 Å². The Balaban J connectivity index is 1.83. The summed E-state index contributed by atoms with van der Waals surface area (Å²) in [6, 6.07) is 8.25. The Kier molecular flexibility index (Phi) is 6.03. The number of carbonyl (C=O) groups excluding carboxylic acids is 1. The first kappa shape index (κ1) is 16.3. The topological polar surface area (TPSA) is 35.6 Å². The number of piperidine rings is 1. The van der Waals surface area contributed by atoms with E-state index in [2.05, 4.69) is 22.3 Å². The van der Waals surface area contributed by atoms with Crippen molar-refractivity contribution in [1.29, 1.82) is 0 Å². The highest BCUT2D eigenvalue weighted by molar-refractivity contribution is 6.30. The fourth-order valence-corrected chi connectivity index (χ4v) is 2.85. The molecule has 21 heavy (non-hydrogen) atoms. The third kappa shape index (κ3) is 5.65. The molecule has 0 bridgehead atoms. The number of nitrogens with one attached hydrogen (secondary N) is 1. The lowest BCUT2D eigenvalue weighted by atomic mass is 10.0. The molecule has 1 aliphatic heterocycles. The van der Waals surface area contributed by atoms with Crippen LogP contribution in [0, 0.1) is 0 Å². The van der Waals surface area contributed by atoms with Gasteiger partial charge in [-0.15, -0.1) is 0 Å². The number of likely N-dealkylation sites (N-methyl/N-ethyl adjacent to an activating group) is 1. The van der Waals surface area contributed by atoms with E-state index in [1.165, 1.54) is 5.56 Å². The molecule has 1 aromatic rings. The summed E-state index contributed by atoms with van der Waals surface area (Å²) in [4.78, 5) is 16.1. The Bertz CT molecular complexity index is 461. The number of likely N-dealkylation sites (tertiary alicyclic amines) is 1. The highest BCUT2D eigenvalue weighted by Gasteiger charge is 2.21. The van der Waals surface area contributed by atoms with Crippen LogP contribution in [0.3, 0.4) is 0 Å². The third-order valence-corrected chi connectivity index (χ3v) is 3.90. The Hall–Kier alpha value is -1.10. The fraction of sp³-hybridized carbons (Fsp3) is 0.562. The van der Waals surface area contributed by atoms with Crippen LogP contribution in [-0.2, 0) is 11.3 Å². The summed E-state index contributed by atoms with van der Waals surface area (Å²) >= 11 is 5.91. The molecule has 0 aromatic heterocycles. The molecule has 116 valence electrons. The largest absolute Gasteiger partial charge is 0.351 e. The molecule has 1 aliphatic rings. The molecule has 4 nitrogen and oxygen atoms in total. The van der Waals surface area contributed by atoms with Gasteiger partial charge < -0.3 is 10.2 Å². The molecule has 0 unspecified atom stereocenters. The van der Waals surface area contributed by atoms with Gasteiger partial charge in [0.2, 0.25) is 5.91 Å². The summed E-state index contributed by atoms with van der Waals surface area (Å²) in [5, 5.41) is 3.90. The minimum Gasteiger partial charge on any atom is -0.351 e. The molecule has 0 spiro atoms. The molecule has 1 heterocycles. The van der Waals surface area contributed by atoms with Crippen molar-refractivity contribution in [1.82, 2.24) is 15.1 Å². The average molecular weight is 310 g/mol. The maximum absolute atomic E-state index is 11.8. The minimum absolute atomic E-state index is 0.110. The number of carbonyl (C=O) groups is 1. The lowest BCUT2D eigenvalue weighted by Gasteiger charge is -2.33. The molecule has 1 fully saturated rings. The Morgan fingerprint density at radius 1 is 1.38 bits per heavy atom. The smallest absolute Gasteiger partial charge is 0.234 e. The monoisotopic (exact) mass is 309 g/mol. The zero-order chi connectivity index (χ0) is 15.2. The SMILES string of the molecule is CN(C)CC(=O)N[C@@H]1CCCN(Cc2ccc(Cl)cc2)C1. The van der Waals surface area contributed by atoms with Crippen molar-refractivity contribution in [3.05, 3.63) is 34.9 Å². The van der Waals surface area contributed by atoms with Crippen molar-refractivity contribution in [3.8, 4) is 0 Å². The highest BCUT2D eigenvalue weighted by atomic mass is 35.5. The molecular weight excluding hydrogens is 286 g/mol. The number of halogens is 1. The van der Waals surface area contributed by atoms with E-state index in [1.807, 2.05) is 31.1 Å². The Morgan fingerprint density at radius 2 is 2.10 bits per heavy atom. The maximum atomic E-state index is 11.8. The van der Waals surface area contributed by atoms with Crippen LogP contribution in [0.4, 0.5) is 0 Å². The molecule has 0 saturated carbocycles. The van der Waals surface area contributed by atoms with E-state index in [0.29, 0.717) is 6.54 Å². The first-order valence-electron chi connectivity index (χ1n) is 7.44. The van der Waals surface area contributed by atoms with E-state index in [9.17, 15) is 4.79 Å². The number of hydrogen-bond acceptors (Lipinski definition) is 3. The van der Waals surface area contributed by atoms with Gasteiger partial charge >= 0.3 is 0 Å². The summed E-state index contributed by atoms with van der Waals surface area (Å²) in [5.41, 5.74) is 1.26. The lowest BCUT2D eigenvalue weighted by Crippen LogP contribution is -2.49. The Labute approximate surface area is 132 Å². The predicted molar refractivity (Wildman–Crippen MR) is 86.4 cm³/mol. The van der Waals surface area contributed by atoms with Crippen molar-refractivity contribution in [2.45, 2.75) is 25.4 Å². The molecular formula is C16H24ClN3O. The summed E-state index contributed by atoms with van der Waals surface area (Å²) in [5.74, 6) is 0.110. The molecule has 2 rings (SSSR count). The molecule has 1 saturated heterocycles. The summed E-state index contributed by atoms with van der Waals surface area (Å²) in [6.07, 6.45) is 2.19. The van der Waals surface area contributed by atoms with E-state index in [0.717, 1.165) is 37.5 Å². The standard InChI is InChI=1S/C16H24ClN3O/c1-19(2)12-16(21)18-15-4-3-9-20(11-15)10-13-5-7-14(17)8-6-13/h5-8,15H,3-4,9-12H2,1-2H3,(H,18,21)/t15-/m1/s1. The number of rotatable bonds is 5. The van der Waals surface area contributed by atoms with Crippen LogP contribution in [-0.4, -0.2) is 55.5 Å². The van der Waals surface area contributed by atoms with Crippen molar-refractivity contribution in [2.75, 3.05) is 33.7 Å². The van der Waals surface area contributed by atoms with Gasteiger partial charge in [0.15, 0.2) is 0 Å². The molecule has 0 aliphatic carbocycles. The molecule has 1 aromatic carbocycles. The summed E-state index contributed by atoms with van der Waals surface area (Å²) in [6.45, 7) is 3.37. The first-order chi connectivity index (χ1) is 10.0. The molecule has 5 heteroatoms. The van der Waals surface area contributed by atoms with Gasteiger partial charge in [0.25, 0.3) is 0 Å². The van der Waals surface area contributed by atoms with E-state index < -0.39 is 0 Å². The molecule has 1 N–H and O–H groups in total. The lowest BCUT2D eigenvalue weighted by molar-refractivity contribution is -0.122. The Morgan fingerprint density at radius 3 is 2.76 bits per heavy atom.